The SMILES string of the molecule is CCC(C)n1ccc(NCc2c(C)cnn2CC)n1. The van der Waals surface area contributed by atoms with Gasteiger partial charge in [0, 0.05) is 24.8 Å². The van der Waals surface area contributed by atoms with E-state index in [4.69, 9.17) is 0 Å². The second-order valence-corrected chi connectivity index (χ2v) is 4.88. The largest absolute Gasteiger partial charge is 0.363 e. The van der Waals surface area contributed by atoms with Crippen LogP contribution in [0, 0.1) is 6.92 Å². The summed E-state index contributed by atoms with van der Waals surface area (Å²) in [5.74, 6) is 0.920. The molecule has 0 bridgehead atoms. The van der Waals surface area contributed by atoms with Gasteiger partial charge < -0.3 is 5.32 Å². The Morgan fingerprint density at radius 1 is 1.37 bits per heavy atom. The standard InChI is InChI=1S/C14H23N5/c1-5-12(4)19-8-7-14(17-19)15-10-13-11(3)9-16-18(13)6-2/h7-9,12H,5-6,10H2,1-4H3,(H,15,17). The van der Waals surface area contributed by atoms with E-state index < -0.39 is 0 Å². The average Bonchev–Trinajstić information content (AvgIpc) is 3.02. The van der Waals surface area contributed by atoms with Gasteiger partial charge in [0.25, 0.3) is 0 Å². The summed E-state index contributed by atoms with van der Waals surface area (Å²) in [7, 11) is 0. The third-order valence-corrected chi connectivity index (χ3v) is 3.54. The quantitative estimate of drug-likeness (QED) is 0.869. The number of rotatable bonds is 6. The van der Waals surface area contributed by atoms with Crippen molar-refractivity contribution in [2.24, 2.45) is 0 Å². The van der Waals surface area contributed by atoms with Gasteiger partial charge in [0.2, 0.25) is 0 Å². The average molecular weight is 261 g/mol. The van der Waals surface area contributed by atoms with Crippen LogP contribution < -0.4 is 5.32 Å². The first-order valence-corrected chi connectivity index (χ1v) is 6.96. The number of nitrogens with one attached hydrogen (secondary N) is 1. The van der Waals surface area contributed by atoms with E-state index in [2.05, 4.69) is 43.2 Å². The molecule has 2 aromatic rings. The lowest BCUT2D eigenvalue weighted by molar-refractivity contribution is 0.479. The summed E-state index contributed by atoms with van der Waals surface area (Å²) < 4.78 is 4.03. The van der Waals surface area contributed by atoms with Crippen LogP contribution in [0.5, 0.6) is 0 Å². The number of anilines is 1. The summed E-state index contributed by atoms with van der Waals surface area (Å²) >= 11 is 0. The smallest absolute Gasteiger partial charge is 0.148 e. The minimum Gasteiger partial charge on any atom is -0.363 e. The molecule has 0 amide bonds. The van der Waals surface area contributed by atoms with E-state index in [0.717, 1.165) is 25.3 Å². The van der Waals surface area contributed by atoms with Crippen LogP contribution in [0.2, 0.25) is 0 Å². The fourth-order valence-electron chi connectivity index (χ4n) is 2.05. The molecule has 1 atom stereocenters. The predicted molar refractivity (Wildman–Crippen MR) is 77.2 cm³/mol. The number of hydrogen-bond acceptors (Lipinski definition) is 3. The molecular weight excluding hydrogens is 238 g/mol. The fraction of sp³-hybridized carbons (Fsp3) is 0.571. The maximum atomic E-state index is 4.54. The van der Waals surface area contributed by atoms with Crippen LogP contribution in [0.1, 0.15) is 44.5 Å². The van der Waals surface area contributed by atoms with Crippen molar-refractivity contribution in [3.05, 3.63) is 29.7 Å². The van der Waals surface area contributed by atoms with Crippen LogP contribution >= 0.6 is 0 Å². The molecule has 104 valence electrons. The zero-order valence-electron chi connectivity index (χ0n) is 12.2. The molecule has 5 nitrogen and oxygen atoms in total. The molecule has 0 radical (unpaired) electrons. The fourth-order valence-corrected chi connectivity index (χ4v) is 2.05. The van der Waals surface area contributed by atoms with E-state index >= 15 is 0 Å². The molecule has 19 heavy (non-hydrogen) atoms. The summed E-state index contributed by atoms with van der Waals surface area (Å²) in [5, 5.41) is 12.3. The summed E-state index contributed by atoms with van der Waals surface area (Å²) in [6.07, 6.45) is 5.03. The van der Waals surface area contributed by atoms with E-state index in [9.17, 15) is 0 Å². The molecule has 2 heterocycles. The Balaban J connectivity index is 2.02. The van der Waals surface area contributed by atoms with Gasteiger partial charge in [-0.25, -0.2) is 0 Å². The maximum absolute atomic E-state index is 4.54. The zero-order valence-corrected chi connectivity index (χ0v) is 12.2. The molecule has 1 N–H and O–H groups in total. The molecule has 0 saturated heterocycles. The maximum Gasteiger partial charge on any atom is 0.148 e. The molecule has 2 rings (SSSR count). The zero-order chi connectivity index (χ0) is 13.8. The molecule has 0 aliphatic rings. The summed E-state index contributed by atoms with van der Waals surface area (Å²) in [4.78, 5) is 0. The highest BCUT2D eigenvalue weighted by molar-refractivity contribution is 5.34. The van der Waals surface area contributed by atoms with Gasteiger partial charge in [-0.05, 0) is 32.8 Å². The van der Waals surface area contributed by atoms with Crippen molar-refractivity contribution in [3.8, 4) is 0 Å². The van der Waals surface area contributed by atoms with E-state index in [1.165, 1.54) is 11.3 Å². The summed E-state index contributed by atoms with van der Waals surface area (Å²) in [5.41, 5.74) is 2.44. The predicted octanol–water partition coefficient (Wildman–Crippen LogP) is 2.99. The lowest BCUT2D eigenvalue weighted by Gasteiger charge is -2.09. The topological polar surface area (TPSA) is 47.7 Å². The molecule has 2 aromatic heterocycles. The van der Waals surface area contributed by atoms with Gasteiger partial charge in [0.15, 0.2) is 0 Å². The van der Waals surface area contributed by atoms with Gasteiger partial charge in [0.05, 0.1) is 18.4 Å². The van der Waals surface area contributed by atoms with Crippen LogP contribution in [0.4, 0.5) is 5.82 Å². The van der Waals surface area contributed by atoms with Gasteiger partial charge in [0.1, 0.15) is 5.82 Å². The second-order valence-electron chi connectivity index (χ2n) is 4.88. The third-order valence-electron chi connectivity index (χ3n) is 3.54. The van der Waals surface area contributed by atoms with Crippen molar-refractivity contribution in [2.75, 3.05) is 5.32 Å². The van der Waals surface area contributed by atoms with E-state index in [1.807, 2.05) is 27.8 Å². The lowest BCUT2D eigenvalue weighted by Crippen LogP contribution is -2.10. The Labute approximate surface area is 114 Å². The van der Waals surface area contributed by atoms with Crippen molar-refractivity contribution in [2.45, 2.75) is 53.2 Å². The van der Waals surface area contributed by atoms with E-state index in [-0.39, 0.29) is 0 Å². The molecule has 0 aliphatic heterocycles. The highest BCUT2D eigenvalue weighted by Crippen LogP contribution is 2.14. The van der Waals surface area contributed by atoms with Gasteiger partial charge in [-0.1, -0.05) is 6.92 Å². The van der Waals surface area contributed by atoms with Crippen LogP contribution in [-0.2, 0) is 13.1 Å². The third kappa shape index (κ3) is 2.97. The summed E-state index contributed by atoms with van der Waals surface area (Å²) in [6, 6.07) is 2.46. The molecule has 5 heteroatoms. The van der Waals surface area contributed by atoms with E-state index in [0.29, 0.717) is 6.04 Å². The van der Waals surface area contributed by atoms with Gasteiger partial charge in [-0.2, -0.15) is 10.2 Å². The van der Waals surface area contributed by atoms with Gasteiger partial charge >= 0.3 is 0 Å². The first-order chi connectivity index (χ1) is 9.15. The van der Waals surface area contributed by atoms with Crippen molar-refractivity contribution in [1.82, 2.24) is 19.6 Å². The molecule has 0 aromatic carbocycles. The number of aromatic nitrogens is 4. The first-order valence-electron chi connectivity index (χ1n) is 6.96. The van der Waals surface area contributed by atoms with Crippen molar-refractivity contribution >= 4 is 5.82 Å². The normalized spacial score (nSPS) is 12.6. The Kier molecular flexibility index (Phi) is 4.24. The molecular formula is C14H23N5. The Hall–Kier alpha value is -1.78. The van der Waals surface area contributed by atoms with E-state index in [1.54, 1.807) is 0 Å². The van der Waals surface area contributed by atoms with Gasteiger partial charge in [-0.3, -0.25) is 9.36 Å². The van der Waals surface area contributed by atoms with Crippen molar-refractivity contribution in [3.63, 3.8) is 0 Å². The number of aryl methyl sites for hydroxylation is 2. The lowest BCUT2D eigenvalue weighted by atomic mass is 10.3. The Morgan fingerprint density at radius 2 is 2.16 bits per heavy atom. The van der Waals surface area contributed by atoms with Crippen LogP contribution in [0.25, 0.3) is 0 Å². The minimum atomic E-state index is 0.443. The monoisotopic (exact) mass is 261 g/mol. The number of hydrogen-bond donors (Lipinski definition) is 1. The highest BCUT2D eigenvalue weighted by Gasteiger charge is 2.08. The molecule has 0 spiro atoms. The number of nitrogens with zero attached hydrogens (tertiary/aromatic N) is 4. The summed E-state index contributed by atoms with van der Waals surface area (Å²) in [6.45, 7) is 10.2. The first kappa shape index (κ1) is 13.6. The van der Waals surface area contributed by atoms with Crippen LogP contribution in [-0.4, -0.2) is 19.6 Å². The molecule has 0 saturated carbocycles. The van der Waals surface area contributed by atoms with Crippen LogP contribution in [0.15, 0.2) is 18.5 Å². The Morgan fingerprint density at radius 3 is 2.84 bits per heavy atom. The van der Waals surface area contributed by atoms with Gasteiger partial charge in [-0.15, -0.1) is 0 Å². The minimum absolute atomic E-state index is 0.443. The van der Waals surface area contributed by atoms with Crippen molar-refractivity contribution in [1.29, 1.82) is 0 Å². The van der Waals surface area contributed by atoms with Crippen molar-refractivity contribution < 1.29 is 0 Å². The molecule has 0 aliphatic carbocycles. The molecule has 0 fully saturated rings. The Bertz CT molecular complexity index is 526. The second kappa shape index (κ2) is 5.91. The van der Waals surface area contributed by atoms with Crippen LogP contribution in [0.3, 0.4) is 0 Å². The highest BCUT2D eigenvalue weighted by atomic mass is 15.3. The molecule has 1 unspecified atom stereocenters.